The molecule has 0 radical (unpaired) electrons. The highest BCUT2D eigenvalue weighted by Gasteiger charge is 2.08. The summed E-state index contributed by atoms with van der Waals surface area (Å²) in [6.45, 7) is 4.40. The van der Waals surface area contributed by atoms with E-state index in [1.165, 1.54) is 21.2 Å². The zero-order chi connectivity index (χ0) is 10.1. The van der Waals surface area contributed by atoms with Crippen molar-refractivity contribution in [1.82, 2.24) is 0 Å². The lowest BCUT2D eigenvalue weighted by Gasteiger charge is -2.03. The van der Waals surface area contributed by atoms with Crippen LogP contribution >= 0.6 is 24.0 Å². The fourth-order valence-corrected chi connectivity index (χ4v) is 3.51. The maximum Gasteiger partial charge on any atom is 0.0388 e. The van der Waals surface area contributed by atoms with Crippen LogP contribution in [0.3, 0.4) is 0 Å². The van der Waals surface area contributed by atoms with Gasteiger partial charge in [0.2, 0.25) is 0 Å². The molecule has 0 aliphatic carbocycles. The van der Waals surface area contributed by atoms with Gasteiger partial charge in [-0.3, -0.25) is 0 Å². The van der Waals surface area contributed by atoms with Crippen LogP contribution < -0.4 is 0 Å². The Hall–Kier alpha value is -0.470. The van der Waals surface area contributed by atoms with Crippen LogP contribution in [0, 0.1) is 0 Å². The summed E-state index contributed by atoms with van der Waals surface area (Å²) in [6, 6.07) is 4.32. The number of fused-ring (bicyclic) bond motifs is 1. The second kappa shape index (κ2) is 3.95. The van der Waals surface area contributed by atoms with E-state index in [0.29, 0.717) is 0 Å². The Balaban J connectivity index is 2.76. The van der Waals surface area contributed by atoms with Crippen LogP contribution in [0.5, 0.6) is 0 Å². The Labute approximate surface area is 94.4 Å². The van der Waals surface area contributed by atoms with Gasteiger partial charge in [-0.25, -0.2) is 0 Å². The molecule has 0 aliphatic rings. The third kappa shape index (κ3) is 1.47. The molecule has 2 aromatic rings. The van der Waals surface area contributed by atoms with Gasteiger partial charge in [-0.1, -0.05) is 19.9 Å². The standard InChI is InChI=1S/C12H14S2/c1-3-8-7-14-12-9(4-2)11(13)6-5-10(8)12/h5-7,13H,3-4H2,1-2H3. The lowest BCUT2D eigenvalue weighted by Crippen LogP contribution is -1.84. The smallest absolute Gasteiger partial charge is 0.0388 e. The van der Waals surface area contributed by atoms with Crippen LogP contribution in [-0.4, -0.2) is 0 Å². The minimum atomic E-state index is 1.07. The van der Waals surface area contributed by atoms with Crippen LogP contribution in [-0.2, 0) is 12.8 Å². The van der Waals surface area contributed by atoms with Gasteiger partial charge in [-0.2, -0.15) is 0 Å². The highest BCUT2D eigenvalue weighted by Crippen LogP contribution is 2.33. The molecule has 2 heteroatoms. The SMILES string of the molecule is CCc1csc2c(CC)c(S)ccc12. The van der Waals surface area contributed by atoms with E-state index in [1.807, 2.05) is 11.3 Å². The van der Waals surface area contributed by atoms with Gasteiger partial charge in [0.25, 0.3) is 0 Å². The number of benzene rings is 1. The third-order valence-corrected chi connectivity index (χ3v) is 4.16. The molecule has 0 nitrogen and oxygen atoms in total. The molecule has 0 atom stereocenters. The number of thiophene rings is 1. The summed E-state index contributed by atoms with van der Waals surface area (Å²) in [4.78, 5) is 1.13. The summed E-state index contributed by atoms with van der Waals surface area (Å²) in [5, 5.41) is 3.70. The van der Waals surface area contributed by atoms with Gasteiger partial charge < -0.3 is 0 Å². The molecule has 0 unspecified atom stereocenters. The second-order valence-corrected chi connectivity index (χ2v) is 4.77. The average molecular weight is 222 g/mol. The third-order valence-electron chi connectivity index (χ3n) is 2.64. The quantitative estimate of drug-likeness (QED) is 0.719. The van der Waals surface area contributed by atoms with E-state index in [-0.39, 0.29) is 0 Å². The summed E-state index contributed by atoms with van der Waals surface area (Å²) in [7, 11) is 0. The fraction of sp³-hybridized carbons (Fsp3) is 0.333. The summed E-state index contributed by atoms with van der Waals surface area (Å²) in [6.07, 6.45) is 2.19. The number of aryl methyl sites for hydroxylation is 2. The van der Waals surface area contributed by atoms with Crippen molar-refractivity contribution < 1.29 is 0 Å². The van der Waals surface area contributed by atoms with Gasteiger partial charge in [-0.15, -0.1) is 24.0 Å². The van der Waals surface area contributed by atoms with Crippen LogP contribution in [0.25, 0.3) is 10.1 Å². The first-order valence-electron chi connectivity index (χ1n) is 4.98. The first-order chi connectivity index (χ1) is 6.77. The lowest BCUT2D eigenvalue weighted by molar-refractivity contribution is 1.11. The highest BCUT2D eigenvalue weighted by atomic mass is 32.1. The second-order valence-electron chi connectivity index (χ2n) is 3.41. The van der Waals surface area contributed by atoms with E-state index in [9.17, 15) is 0 Å². The van der Waals surface area contributed by atoms with Gasteiger partial charge in [0, 0.05) is 9.60 Å². The van der Waals surface area contributed by atoms with Crippen molar-refractivity contribution in [3.8, 4) is 0 Å². The van der Waals surface area contributed by atoms with Gasteiger partial charge in [0.05, 0.1) is 0 Å². The van der Waals surface area contributed by atoms with Gasteiger partial charge in [0.15, 0.2) is 0 Å². The molecule has 0 amide bonds. The molecule has 0 aliphatic heterocycles. The summed E-state index contributed by atoms with van der Waals surface area (Å²) < 4.78 is 1.43. The Kier molecular flexibility index (Phi) is 2.84. The van der Waals surface area contributed by atoms with Crippen molar-refractivity contribution >= 4 is 34.1 Å². The minimum absolute atomic E-state index is 1.07. The minimum Gasteiger partial charge on any atom is -0.143 e. The fourth-order valence-electron chi connectivity index (χ4n) is 1.81. The average Bonchev–Trinajstić information content (AvgIpc) is 2.60. The Morgan fingerprint density at radius 2 is 2.00 bits per heavy atom. The molecule has 2 rings (SSSR count). The van der Waals surface area contributed by atoms with Gasteiger partial charge in [-0.05, 0) is 40.8 Å². The lowest BCUT2D eigenvalue weighted by atomic mass is 10.1. The number of hydrogen-bond acceptors (Lipinski definition) is 2. The van der Waals surface area contributed by atoms with Crippen molar-refractivity contribution in [3.05, 3.63) is 28.6 Å². The van der Waals surface area contributed by atoms with E-state index in [1.54, 1.807) is 0 Å². The number of rotatable bonds is 2. The molecule has 0 spiro atoms. The number of hydrogen-bond donors (Lipinski definition) is 1. The van der Waals surface area contributed by atoms with Crippen LogP contribution in [0.15, 0.2) is 22.4 Å². The van der Waals surface area contributed by atoms with E-state index >= 15 is 0 Å². The summed E-state index contributed by atoms with van der Waals surface area (Å²) in [5.41, 5.74) is 2.86. The van der Waals surface area contributed by atoms with Gasteiger partial charge >= 0.3 is 0 Å². The first-order valence-corrected chi connectivity index (χ1v) is 6.31. The molecule has 1 aromatic heterocycles. The van der Waals surface area contributed by atoms with Crippen molar-refractivity contribution in [2.24, 2.45) is 0 Å². The van der Waals surface area contributed by atoms with Crippen LogP contribution in [0.2, 0.25) is 0 Å². The first kappa shape index (κ1) is 10.1. The van der Waals surface area contributed by atoms with Crippen molar-refractivity contribution in [1.29, 1.82) is 0 Å². The van der Waals surface area contributed by atoms with E-state index < -0.39 is 0 Å². The zero-order valence-corrected chi connectivity index (χ0v) is 10.2. The number of thiol groups is 1. The highest BCUT2D eigenvalue weighted by molar-refractivity contribution is 7.80. The van der Waals surface area contributed by atoms with E-state index in [4.69, 9.17) is 0 Å². The molecule has 0 N–H and O–H groups in total. The maximum atomic E-state index is 4.50. The molecule has 14 heavy (non-hydrogen) atoms. The molecule has 1 aromatic carbocycles. The summed E-state index contributed by atoms with van der Waals surface area (Å²) in [5.74, 6) is 0. The maximum absolute atomic E-state index is 4.50. The van der Waals surface area contributed by atoms with Crippen LogP contribution in [0.4, 0.5) is 0 Å². The van der Waals surface area contributed by atoms with Crippen molar-refractivity contribution in [2.75, 3.05) is 0 Å². The normalized spacial score (nSPS) is 11.1. The molecule has 0 bridgehead atoms. The molecule has 1 heterocycles. The Morgan fingerprint density at radius 3 is 2.64 bits per heavy atom. The predicted octanol–water partition coefficient (Wildman–Crippen LogP) is 4.31. The van der Waals surface area contributed by atoms with Crippen molar-refractivity contribution in [3.63, 3.8) is 0 Å². The summed E-state index contributed by atoms with van der Waals surface area (Å²) >= 11 is 6.35. The molecular weight excluding hydrogens is 208 g/mol. The zero-order valence-electron chi connectivity index (χ0n) is 8.50. The van der Waals surface area contributed by atoms with Crippen molar-refractivity contribution in [2.45, 2.75) is 31.6 Å². The van der Waals surface area contributed by atoms with Crippen LogP contribution in [0.1, 0.15) is 25.0 Å². The predicted molar refractivity (Wildman–Crippen MR) is 67.8 cm³/mol. The van der Waals surface area contributed by atoms with E-state index in [0.717, 1.165) is 17.7 Å². The Bertz CT molecular complexity index is 455. The molecule has 0 fully saturated rings. The topological polar surface area (TPSA) is 0 Å². The molecule has 74 valence electrons. The molecular formula is C12H14S2. The monoisotopic (exact) mass is 222 g/mol. The van der Waals surface area contributed by atoms with E-state index in [2.05, 4.69) is 44.0 Å². The largest absolute Gasteiger partial charge is 0.143 e. The molecule has 0 saturated heterocycles. The Morgan fingerprint density at radius 1 is 1.21 bits per heavy atom. The molecule has 0 saturated carbocycles. The van der Waals surface area contributed by atoms with Gasteiger partial charge in [0.1, 0.15) is 0 Å².